The van der Waals surface area contributed by atoms with E-state index in [1.807, 2.05) is 38.1 Å². The van der Waals surface area contributed by atoms with Gasteiger partial charge in [0.2, 0.25) is 5.76 Å². The van der Waals surface area contributed by atoms with E-state index in [1.54, 1.807) is 17.0 Å². The van der Waals surface area contributed by atoms with Crippen LogP contribution in [0.25, 0.3) is 11.0 Å². The summed E-state index contributed by atoms with van der Waals surface area (Å²) in [5.41, 5.74) is 3.46. The number of amides is 1. The number of hydrogen-bond donors (Lipinski definition) is 0. The van der Waals surface area contributed by atoms with Gasteiger partial charge in [-0.05, 0) is 55.2 Å². The Morgan fingerprint density at radius 3 is 2.48 bits per heavy atom. The first-order valence-corrected chi connectivity index (χ1v) is 11.8. The van der Waals surface area contributed by atoms with Crippen molar-refractivity contribution in [3.8, 4) is 0 Å². The van der Waals surface area contributed by atoms with Gasteiger partial charge in [-0.3, -0.25) is 14.5 Å². The second kappa shape index (κ2) is 8.93. The largest absolute Gasteiger partial charge is 0.450 e. The van der Waals surface area contributed by atoms with E-state index in [4.69, 9.17) is 20.8 Å². The molecule has 6 nitrogen and oxygen atoms in total. The second-order valence-corrected chi connectivity index (χ2v) is 9.33. The van der Waals surface area contributed by atoms with Crippen LogP contribution in [0.1, 0.15) is 45.3 Å². The fraction of sp³-hybridized carbons (Fsp3) is 0.385. The van der Waals surface area contributed by atoms with Crippen LogP contribution in [0.15, 0.2) is 45.6 Å². The lowest BCUT2D eigenvalue weighted by molar-refractivity contribution is 0.0353. The summed E-state index contributed by atoms with van der Waals surface area (Å²) in [6, 6.07) is 10.7. The number of fused-ring (bicyclic) bond motifs is 2. The molecule has 0 saturated carbocycles. The van der Waals surface area contributed by atoms with Gasteiger partial charge in [-0.1, -0.05) is 29.8 Å². The van der Waals surface area contributed by atoms with Gasteiger partial charge < -0.3 is 14.1 Å². The third-order valence-corrected chi connectivity index (χ3v) is 6.83. The number of nitrogens with zero attached hydrogens (tertiary/aromatic N) is 2. The van der Waals surface area contributed by atoms with Gasteiger partial charge in [0.1, 0.15) is 5.58 Å². The molecule has 172 valence electrons. The van der Waals surface area contributed by atoms with Gasteiger partial charge >= 0.3 is 0 Å². The molecule has 0 radical (unpaired) electrons. The molecule has 1 atom stereocenters. The zero-order chi connectivity index (χ0) is 23.1. The van der Waals surface area contributed by atoms with Crippen LogP contribution in [0.2, 0.25) is 5.02 Å². The molecule has 2 aliphatic rings. The summed E-state index contributed by atoms with van der Waals surface area (Å²) < 4.78 is 11.5. The first-order valence-electron chi connectivity index (χ1n) is 11.4. The average Bonchev–Trinajstić information content (AvgIpc) is 3.07. The van der Waals surface area contributed by atoms with Crippen molar-refractivity contribution in [2.24, 2.45) is 0 Å². The molecule has 1 saturated heterocycles. The van der Waals surface area contributed by atoms with Crippen molar-refractivity contribution < 1.29 is 13.9 Å². The van der Waals surface area contributed by atoms with Gasteiger partial charge in [-0.2, -0.15) is 0 Å². The van der Waals surface area contributed by atoms with E-state index in [0.717, 1.165) is 56.0 Å². The maximum absolute atomic E-state index is 13.7. The SMILES string of the molecule is Cc1cc(C)c2c(=O)c3c(oc2c1)C(=O)N(CCCN1CCOCC1)[C@H]3c1ccc(Cl)cc1. The highest BCUT2D eigenvalue weighted by Gasteiger charge is 2.42. The molecule has 0 aliphatic carbocycles. The zero-order valence-electron chi connectivity index (χ0n) is 18.9. The highest BCUT2D eigenvalue weighted by Crippen LogP contribution is 2.39. The van der Waals surface area contributed by atoms with Gasteiger partial charge in [0.05, 0.1) is 30.2 Å². The topological polar surface area (TPSA) is 63.0 Å². The van der Waals surface area contributed by atoms with E-state index in [9.17, 15) is 9.59 Å². The van der Waals surface area contributed by atoms with Crippen LogP contribution < -0.4 is 5.43 Å². The first-order chi connectivity index (χ1) is 15.9. The van der Waals surface area contributed by atoms with Crippen molar-refractivity contribution in [1.82, 2.24) is 9.80 Å². The summed E-state index contributed by atoms with van der Waals surface area (Å²) in [4.78, 5) is 31.4. The molecule has 1 aromatic heterocycles. The predicted octanol–water partition coefficient (Wildman–Crippen LogP) is 4.33. The minimum Gasteiger partial charge on any atom is -0.450 e. The average molecular weight is 467 g/mol. The van der Waals surface area contributed by atoms with Crippen LogP contribution in [0.5, 0.6) is 0 Å². The van der Waals surface area contributed by atoms with E-state index in [1.165, 1.54) is 0 Å². The molecular formula is C26H27ClN2O4. The van der Waals surface area contributed by atoms with Crippen molar-refractivity contribution in [1.29, 1.82) is 0 Å². The summed E-state index contributed by atoms with van der Waals surface area (Å²) >= 11 is 6.12. The van der Waals surface area contributed by atoms with Crippen LogP contribution in [-0.2, 0) is 4.74 Å². The van der Waals surface area contributed by atoms with Crippen LogP contribution in [0, 0.1) is 13.8 Å². The number of carbonyl (C=O) groups excluding carboxylic acids is 1. The van der Waals surface area contributed by atoms with E-state index >= 15 is 0 Å². The molecule has 1 fully saturated rings. The summed E-state index contributed by atoms with van der Waals surface area (Å²) in [7, 11) is 0. The van der Waals surface area contributed by atoms with Crippen molar-refractivity contribution in [3.05, 3.63) is 79.7 Å². The maximum atomic E-state index is 13.7. The Labute approximate surface area is 197 Å². The minimum absolute atomic E-state index is 0.132. The number of benzene rings is 2. The summed E-state index contributed by atoms with van der Waals surface area (Å²) in [6.07, 6.45) is 0.801. The van der Waals surface area contributed by atoms with Gasteiger partial charge in [-0.25, -0.2) is 0 Å². The summed E-state index contributed by atoms with van der Waals surface area (Å²) in [5.74, 6) is -0.0751. The Bertz CT molecular complexity index is 1260. The van der Waals surface area contributed by atoms with E-state index in [0.29, 0.717) is 28.1 Å². The van der Waals surface area contributed by atoms with Crippen LogP contribution >= 0.6 is 11.6 Å². The molecule has 3 heterocycles. The molecule has 1 amide bonds. The highest BCUT2D eigenvalue weighted by molar-refractivity contribution is 6.30. The monoisotopic (exact) mass is 466 g/mol. The molecule has 3 aromatic rings. The molecular weight excluding hydrogens is 440 g/mol. The van der Waals surface area contributed by atoms with E-state index < -0.39 is 6.04 Å². The van der Waals surface area contributed by atoms with Crippen molar-refractivity contribution in [2.45, 2.75) is 26.3 Å². The zero-order valence-corrected chi connectivity index (χ0v) is 19.7. The second-order valence-electron chi connectivity index (χ2n) is 8.89. The third-order valence-electron chi connectivity index (χ3n) is 6.58. The molecule has 2 aliphatic heterocycles. The maximum Gasteiger partial charge on any atom is 0.290 e. The Balaban J connectivity index is 1.56. The molecule has 0 bridgehead atoms. The molecule has 2 aromatic carbocycles. The Hall–Kier alpha value is -2.67. The predicted molar refractivity (Wildman–Crippen MR) is 128 cm³/mol. The van der Waals surface area contributed by atoms with Crippen molar-refractivity contribution >= 4 is 28.5 Å². The molecule has 7 heteroatoms. The third kappa shape index (κ3) is 4.07. The molecule has 5 rings (SSSR count). The highest BCUT2D eigenvalue weighted by atomic mass is 35.5. The van der Waals surface area contributed by atoms with Gasteiger partial charge in [0, 0.05) is 31.2 Å². The Morgan fingerprint density at radius 1 is 1.03 bits per heavy atom. The number of aryl methyl sites for hydroxylation is 2. The van der Waals surface area contributed by atoms with Crippen LogP contribution in [-0.4, -0.2) is 55.1 Å². The van der Waals surface area contributed by atoms with Crippen LogP contribution in [0.4, 0.5) is 0 Å². The number of hydrogen-bond acceptors (Lipinski definition) is 5. The van der Waals surface area contributed by atoms with E-state index in [2.05, 4.69) is 4.90 Å². The Kier molecular flexibility index (Phi) is 5.99. The van der Waals surface area contributed by atoms with Gasteiger partial charge in [0.25, 0.3) is 5.91 Å². The lowest BCUT2D eigenvalue weighted by Gasteiger charge is -2.29. The molecule has 0 spiro atoms. The lowest BCUT2D eigenvalue weighted by Crippen LogP contribution is -2.38. The normalized spacial score (nSPS) is 18.8. The number of ether oxygens (including phenoxy) is 1. The fourth-order valence-corrected chi connectivity index (χ4v) is 5.15. The van der Waals surface area contributed by atoms with Crippen molar-refractivity contribution in [2.75, 3.05) is 39.4 Å². The van der Waals surface area contributed by atoms with Crippen molar-refractivity contribution in [3.63, 3.8) is 0 Å². The number of halogens is 1. The number of rotatable bonds is 5. The van der Waals surface area contributed by atoms with Gasteiger partial charge in [-0.15, -0.1) is 0 Å². The summed E-state index contributed by atoms with van der Waals surface area (Å²) in [6.45, 7) is 8.55. The minimum atomic E-state index is -0.490. The van der Waals surface area contributed by atoms with Gasteiger partial charge in [0.15, 0.2) is 5.43 Å². The first kappa shape index (κ1) is 22.1. The lowest BCUT2D eigenvalue weighted by atomic mass is 9.97. The quantitative estimate of drug-likeness (QED) is 0.560. The summed E-state index contributed by atoms with van der Waals surface area (Å²) in [5, 5.41) is 1.15. The molecule has 33 heavy (non-hydrogen) atoms. The fourth-order valence-electron chi connectivity index (χ4n) is 5.03. The Morgan fingerprint density at radius 2 is 1.76 bits per heavy atom. The molecule has 0 N–H and O–H groups in total. The molecule has 0 unspecified atom stereocenters. The van der Waals surface area contributed by atoms with Crippen LogP contribution in [0.3, 0.4) is 0 Å². The standard InChI is InChI=1S/C26H27ClN2O4/c1-16-14-17(2)21-20(15-16)33-25-22(24(21)30)23(18-4-6-19(27)7-5-18)29(26(25)31)9-3-8-28-10-12-32-13-11-28/h4-7,14-15,23H,3,8-13H2,1-2H3/t23-/m0/s1. The number of carbonyl (C=O) groups is 1. The van der Waals surface area contributed by atoms with E-state index in [-0.39, 0.29) is 17.1 Å². The number of morpholine rings is 1. The smallest absolute Gasteiger partial charge is 0.290 e.